The third-order valence-electron chi connectivity index (χ3n) is 8.21. The lowest BCUT2D eigenvalue weighted by Crippen LogP contribution is -2.65. The molecule has 0 aromatic carbocycles. The molecule has 2 saturated heterocycles. The van der Waals surface area contributed by atoms with Crippen LogP contribution in [0.1, 0.15) is 63.2 Å². The number of carbonyl (C=O) groups is 4. The van der Waals surface area contributed by atoms with Gasteiger partial charge in [0.15, 0.2) is 0 Å². The Labute approximate surface area is 228 Å². The molecule has 0 bridgehead atoms. The molecule has 0 radical (unpaired) electrons. The van der Waals surface area contributed by atoms with Gasteiger partial charge in [-0.1, -0.05) is 32.3 Å². The van der Waals surface area contributed by atoms with Crippen LogP contribution in [0.15, 0.2) is 17.5 Å². The molecule has 38 heavy (non-hydrogen) atoms. The van der Waals surface area contributed by atoms with Crippen LogP contribution in [0, 0.1) is 5.92 Å². The van der Waals surface area contributed by atoms with Crippen LogP contribution in [0.3, 0.4) is 0 Å². The predicted molar refractivity (Wildman–Crippen MR) is 145 cm³/mol. The molecule has 2 aliphatic heterocycles. The molecule has 3 aliphatic rings. The van der Waals surface area contributed by atoms with Crippen LogP contribution in [0.25, 0.3) is 0 Å². The van der Waals surface area contributed by atoms with E-state index in [0.717, 1.165) is 43.4 Å². The van der Waals surface area contributed by atoms with Gasteiger partial charge in [-0.25, -0.2) is 4.79 Å². The second kappa shape index (κ2) is 13.4. The highest BCUT2D eigenvalue weighted by Crippen LogP contribution is 2.27. The van der Waals surface area contributed by atoms with Crippen LogP contribution in [-0.2, 0) is 20.9 Å². The number of carboxylic acid groups (broad SMARTS) is 1. The first kappa shape index (κ1) is 28.4. The quantitative estimate of drug-likeness (QED) is 0.460. The summed E-state index contributed by atoms with van der Waals surface area (Å²) in [6, 6.07) is 2.75. The van der Waals surface area contributed by atoms with Gasteiger partial charge < -0.3 is 30.4 Å². The Morgan fingerprint density at radius 3 is 2.39 bits per heavy atom. The summed E-state index contributed by atoms with van der Waals surface area (Å²) in [5, 5.41) is 18.1. The summed E-state index contributed by atoms with van der Waals surface area (Å²) in [4.78, 5) is 57.2. The number of piperidine rings is 1. The van der Waals surface area contributed by atoms with Gasteiger partial charge in [-0.15, -0.1) is 11.3 Å². The fraction of sp³-hybridized carbons (Fsp3) is 0.704. The predicted octanol–water partition coefficient (Wildman–Crippen LogP) is 2.49. The van der Waals surface area contributed by atoms with E-state index < -0.39 is 18.2 Å². The Morgan fingerprint density at radius 2 is 1.76 bits per heavy atom. The standard InChI is InChI=1S/C27H41N5O5S/c1-2-23(33)30-12-10-19(11-13-30)24(29-20-7-4-3-5-8-20)26(35)32-15-14-31(27(36)37)18-22(32)25(34)28-17-21-9-6-16-38-21/h6,9,16,19-20,22,24,29H,2-5,7-8,10-15,17-18H2,1H3,(H,28,34)(H,36,37)/t22-,24+/m0/s1. The molecule has 1 aromatic rings. The van der Waals surface area contributed by atoms with Gasteiger partial charge in [-0.3, -0.25) is 14.4 Å². The molecule has 1 saturated carbocycles. The molecule has 10 nitrogen and oxygen atoms in total. The van der Waals surface area contributed by atoms with Crippen molar-refractivity contribution < 1.29 is 24.3 Å². The molecular formula is C27H41N5O5S. The molecule has 0 spiro atoms. The monoisotopic (exact) mass is 547 g/mol. The summed E-state index contributed by atoms with van der Waals surface area (Å²) in [5.41, 5.74) is 0. The SMILES string of the molecule is CCC(=O)N1CCC([C@@H](NC2CCCCC2)C(=O)N2CCN(C(=O)O)C[C@H]2C(=O)NCc2cccs2)CC1. The first-order valence-electron chi connectivity index (χ1n) is 14.0. The second-order valence-electron chi connectivity index (χ2n) is 10.6. The van der Waals surface area contributed by atoms with Gasteiger partial charge in [-0.05, 0) is 43.0 Å². The molecule has 3 N–H and O–H groups in total. The summed E-state index contributed by atoms with van der Waals surface area (Å²) in [6.07, 6.45) is 6.36. The van der Waals surface area contributed by atoms with E-state index in [4.69, 9.17) is 0 Å². The van der Waals surface area contributed by atoms with Crippen molar-refractivity contribution in [3.8, 4) is 0 Å². The van der Waals surface area contributed by atoms with Gasteiger partial charge in [0.2, 0.25) is 17.7 Å². The van der Waals surface area contributed by atoms with Crippen LogP contribution >= 0.6 is 11.3 Å². The smallest absolute Gasteiger partial charge is 0.407 e. The lowest BCUT2D eigenvalue weighted by atomic mass is 9.86. The number of amides is 4. The van der Waals surface area contributed by atoms with Gasteiger partial charge >= 0.3 is 6.09 Å². The number of hydrogen-bond acceptors (Lipinski definition) is 6. The molecule has 11 heteroatoms. The van der Waals surface area contributed by atoms with Crippen molar-refractivity contribution in [1.29, 1.82) is 0 Å². The summed E-state index contributed by atoms with van der Waals surface area (Å²) in [5.74, 6) is -0.272. The highest BCUT2D eigenvalue weighted by molar-refractivity contribution is 7.09. The fourth-order valence-corrected chi connectivity index (χ4v) is 6.61. The Morgan fingerprint density at radius 1 is 1.03 bits per heavy atom. The van der Waals surface area contributed by atoms with Gasteiger partial charge in [0, 0.05) is 43.5 Å². The van der Waals surface area contributed by atoms with Gasteiger partial charge in [0.25, 0.3) is 0 Å². The number of thiophene rings is 1. The van der Waals surface area contributed by atoms with E-state index in [1.807, 2.05) is 29.3 Å². The lowest BCUT2D eigenvalue weighted by Gasteiger charge is -2.44. The van der Waals surface area contributed by atoms with Crippen molar-refractivity contribution in [3.05, 3.63) is 22.4 Å². The van der Waals surface area contributed by atoms with Crippen LogP contribution in [0.2, 0.25) is 0 Å². The van der Waals surface area contributed by atoms with E-state index >= 15 is 0 Å². The molecule has 4 amide bonds. The molecule has 210 valence electrons. The Balaban J connectivity index is 1.51. The molecule has 1 aliphatic carbocycles. The van der Waals surface area contributed by atoms with Crippen LogP contribution in [-0.4, -0.2) is 94.5 Å². The van der Waals surface area contributed by atoms with Gasteiger partial charge in [-0.2, -0.15) is 0 Å². The molecule has 2 atom stereocenters. The summed E-state index contributed by atoms with van der Waals surface area (Å²) in [6.45, 7) is 3.78. The zero-order valence-corrected chi connectivity index (χ0v) is 23.1. The van der Waals surface area contributed by atoms with E-state index in [9.17, 15) is 24.3 Å². The average molecular weight is 548 g/mol. The molecule has 1 aromatic heterocycles. The number of nitrogens with zero attached hydrogens (tertiary/aromatic N) is 3. The zero-order valence-electron chi connectivity index (χ0n) is 22.3. The van der Waals surface area contributed by atoms with Crippen molar-refractivity contribution >= 4 is 35.2 Å². The van der Waals surface area contributed by atoms with Crippen molar-refractivity contribution in [2.24, 2.45) is 5.92 Å². The van der Waals surface area contributed by atoms with Gasteiger partial charge in [0.05, 0.1) is 19.1 Å². The van der Waals surface area contributed by atoms with Crippen LogP contribution in [0.4, 0.5) is 4.79 Å². The minimum absolute atomic E-state index is 0.0447. The highest BCUT2D eigenvalue weighted by atomic mass is 32.1. The van der Waals surface area contributed by atoms with E-state index in [1.54, 1.807) is 4.90 Å². The maximum atomic E-state index is 14.2. The van der Waals surface area contributed by atoms with E-state index in [0.29, 0.717) is 26.1 Å². The second-order valence-corrected chi connectivity index (χ2v) is 11.7. The molecule has 3 fully saturated rings. The summed E-state index contributed by atoms with van der Waals surface area (Å²) < 4.78 is 0. The largest absolute Gasteiger partial charge is 0.465 e. The number of carbonyl (C=O) groups excluding carboxylic acids is 3. The first-order chi connectivity index (χ1) is 18.4. The molecule has 0 unspecified atom stereocenters. The normalized spacial score (nSPS) is 22.2. The molecule has 3 heterocycles. The number of piperazine rings is 1. The minimum atomic E-state index is -1.09. The van der Waals surface area contributed by atoms with E-state index in [2.05, 4.69) is 10.6 Å². The number of likely N-dealkylation sites (tertiary alicyclic amines) is 1. The van der Waals surface area contributed by atoms with Crippen molar-refractivity contribution in [2.45, 2.75) is 83.0 Å². The van der Waals surface area contributed by atoms with Crippen molar-refractivity contribution in [1.82, 2.24) is 25.3 Å². The summed E-state index contributed by atoms with van der Waals surface area (Å²) >= 11 is 1.53. The van der Waals surface area contributed by atoms with Gasteiger partial charge in [0.1, 0.15) is 6.04 Å². The minimum Gasteiger partial charge on any atom is -0.465 e. The fourth-order valence-electron chi connectivity index (χ4n) is 5.97. The first-order valence-corrected chi connectivity index (χ1v) is 14.9. The Kier molecular flexibility index (Phi) is 10.0. The van der Waals surface area contributed by atoms with E-state index in [-0.39, 0.29) is 49.3 Å². The topological polar surface area (TPSA) is 122 Å². The third-order valence-corrected chi connectivity index (χ3v) is 9.08. The number of hydrogen-bond donors (Lipinski definition) is 3. The van der Waals surface area contributed by atoms with Crippen LogP contribution < -0.4 is 10.6 Å². The van der Waals surface area contributed by atoms with Crippen molar-refractivity contribution in [3.63, 3.8) is 0 Å². The number of nitrogens with one attached hydrogen (secondary N) is 2. The summed E-state index contributed by atoms with van der Waals surface area (Å²) in [7, 11) is 0. The maximum absolute atomic E-state index is 14.2. The third kappa shape index (κ3) is 7.05. The zero-order chi connectivity index (χ0) is 27.1. The van der Waals surface area contributed by atoms with Crippen molar-refractivity contribution in [2.75, 3.05) is 32.7 Å². The van der Waals surface area contributed by atoms with Crippen LogP contribution in [0.5, 0.6) is 0 Å². The molecule has 4 rings (SSSR count). The van der Waals surface area contributed by atoms with E-state index in [1.165, 1.54) is 22.7 Å². The lowest BCUT2D eigenvalue weighted by molar-refractivity contribution is -0.147. The average Bonchev–Trinajstić information content (AvgIpc) is 3.48. The molecular weight excluding hydrogens is 506 g/mol. The maximum Gasteiger partial charge on any atom is 0.407 e. The Bertz CT molecular complexity index is 959. The number of rotatable bonds is 8. The highest BCUT2D eigenvalue weighted by Gasteiger charge is 2.42. The Hall–Kier alpha value is -2.66.